The summed E-state index contributed by atoms with van der Waals surface area (Å²) in [5.74, 6) is -0.453. The highest BCUT2D eigenvalue weighted by atomic mass is 16.5. The van der Waals surface area contributed by atoms with Crippen molar-refractivity contribution in [2.24, 2.45) is 5.11 Å². The van der Waals surface area contributed by atoms with Crippen LogP contribution in [0.4, 0.5) is 0 Å². The van der Waals surface area contributed by atoms with E-state index in [9.17, 15) is 9.90 Å². The maximum Gasteiger partial charge on any atom is 0.325 e. The SMILES string of the molecule is COc1ccccc1C(NCCCN=[N+]=[N-])C(=O)O. The maximum absolute atomic E-state index is 11.3. The Morgan fingerprint density at radius 3 is 2.95 bits per heavy atom. The van der Waals surface area contributed by atoms with Crippen molar-refractivity contribution in [1.82, 2.24) is 5.32 Å². The van der Waals surface area contributed by atoms with Crippen LogP contribution in [0.15, 0.2) is 29.4 Å². The second-order valence-corrected chi connectivity index (χ2v) is 3.78. The molecule has 0 aliphatic heterocycles. The predicted octanol–water partition coefficient (Wildman–Crippen LogP) is 2.11. The van der Waals surface area contributed by atoms with Crippen LogP contribution in [0.25, 0.3) is 10.4 Å². The van der Waals surface area contributed by atoms with E-state index < -0.39 is 12.0 Å². The number of rotatable bonds is 8. The average molecular weight is 264 g/mol. The summed E-state index contributed by atoms with van der Waals surface area (Å²) >= 11 is 0. The third-order valence-electron chi connectivity index (χ3n) is 2.54. The number of ether oxygens (including phenoxy) is 1. The van der Waals surface area contributed by atoms with Crippen LogP contribution in [0.2, 0.25) is 0 Å². The van der Waals surface area contributed by atoms with E-state index in [-0.39, 0.29) is 0 Å². The van der Waals surface area contributed by atoms with Crippen molar-refractivity contribution in [3.63, 3.8) is 0 Å². The van der Waals surface area contributed by atoms with Crippen molar-refractivity contribution >= 4 is 5.97 Å². The van der Waals surface area contributed by atoms with Crippen LogP contribution in [-0.4, -0.2) is 31.3 Å². The van der Waals surface area contributed by atoms with Gasteiger partial charge in [0.1, 0.15) is 11.8 Å². The van der Waals surface area contributed by atoms with E-state index >= 15 is 0 Å². The number of carbonyl (C=O) groups is 1. The molecular weight excluding hydrogens is 248 g/mol. The van der Waals surface area contributed by atoms with Gasteiger partial charge in [0.25, 0.3) is 0 Å². The highest BCUT2D eigenvalue weighted by molar-refractivity contribution is 5.76. The first kappa shape index (κ1) is 14.8. The molecule has 1 unspecified atom stereocenters. The molecule has 0 aliphatic carbocycles. The van der Waals surface area contributed by atoms with Crippen molar-refractivity contribution < 1.29 is 14.6 Å². The normalized spacial score (nSPS) is 11.4. The van der Waals surface area contributed by atoms with Gasteiger partial charge in [-0.25, -0.2) is 0 Å². The van der Waals surface area contributed by atoms with E-state index in [0.717, 1.165) is 0 Å². The average Bonchev–Trinajstić information content (AvgIpc) is 2.42. The monoisotopic (exact) mass is 264 g/mol. The molecule has 19 heavy (non-hydrogen) atoms. The summed E-state index contributed by atoms with van der Waals surface area (Å²) in [6, 6.07) is 6.12. The zero-order valence-electron chi connectivity index (χ0n) is 10.6. The number of methoxy groups -OCH3 is 1. The lowest BCUT2D eigenvalue weighted by Crippen LogP contribution is -2.29. The molecule has 0 aliphatic rings. The van der Waals surface area contributed by atoms with Crippen LogP contribution in [0.1, 0.15) is 18.0 Å². The minimum Gasteiger partial charge on any atom is -0.496 e. The van der Waals surface area contributed by atoms with Crippen LogP contribution in [0.5, 0.6) is 5.75 Å². The Morgan fingerprint density at radius 1 is 1.58 bits per heavy atom. The molecule has 7 heteroatoms. The maximum atomic E-state index is 11.3. The third-order valence-corrected chi connectivity index (χ3v) is 2.54. The summed E-state index contributed by atoms with van der Waals surface area (Å²) in [7, 11) is 1.50. The molecule has 7 nitrogen and oxygen atoms in total. The number of nitrogens with zero attached hydrogens (tertiary/aromatic N) is 3. The first-order valence-corrected chi connectivity index (χ1v) is 5.80. The lowest BCUT2D eigenvalue weighted by Gasteiger charge is -2.17. The molecule has 0 saturated carbocycles. The van der Waals surface area contributed by atoms with Crippen LogP contribution in [0, 0.1) is 0 Å². The smallest absolute Gasteiger partial charge is 0.325 e. The molecule has 0 spiro atoms. The lowest BCUT2D eigenvalue weighted by molar-refractivity contribution is -0.139. The first-order chi connectivity index (χ1) is 9.20. The van der Waals surface area contributed by atoms with E-state index in [1.165, 1.54) is 7.11 Å². The van der Waals surface area contributed by atoms with Crippen molar-refractivity contribution in [3.8, 4) is 5.75 Å². The van der Waals surface area contributed by atoms with Gasteiger partial charge in [-0.1, -0.05) is 23.3 Å². The number of benzene rings is 1. The van der Waals surface area contributed by atoms with Gasteiger partial charge in [0.15, 0.2) is 0 Å². The Labute approximate surface area is 110 Å². The molecule has 1 aromatic rings. The zero-order chi connectivity index (χ0) is 14.1. The summed E-state index contributed by atoms with van der Waals surface area (Å²) in [5.41, 5.74) is 8.71. The molecule has 0 fully saturated rings. The Hall–Kier alpha value is -2.24. The number of azide groups is 1. The molecular formula is C12H16N4O3. The van der Waals surface area contributed by atoms with Crippen LogP contribution in [-0.2, 0) is 4.79 Å². The number of nitrogens with one attached hydrogen (secondary N) is 1. The van der Waals surface area contributed by atoms with Crippen molar-refractivity contribution in [3.05, 3.63) is 40.3 Å². The van der Waals surface area contributed by atoms with Crippen LogP contribution in [0.3, 0.4) is 0 Å². The second kappa shape index (κ2) is 7.97. The van der Waals surface area contributed by atoms with Gasteiger partial charge in [0, 0.05) is 17.0 Å². The first-order valence-electron chi connectivity index (χ1n) is 5.80. The topological polar surface area (TPSA) is 107 Å². The molecule has 1 aromatic carbocycles. The molecule has 0 bridgehead atoms. The summed E-state index contributed by atoms with van der Waals surface area (Å²) in [4.78, 5) is 13.9. The Kier molecular flexibility index (Phi) is 6.21. The van der Waals surface area contributed by atoms with Gasteiger partial charge >= 0.3 is 5.97 Å². The fourth-order valence-corrected chi connectivity index (χ4v) is 1.68. The number of hydrogen-bond acceptors (Lipinski definition) is 4. The Morgan fingerprint density at radius 2 is 2.32 bits per heavy atom. The van der Waals surface area contributed by atoms with Crippen molar-refractivity contribution in [2.75, 3.05) is 20.2 Å². The van der Waals surface area contributed by atoms with Crippen LogP contribution < -0.4 is 10.1 Å². The highest BCUT2D eigenvalue weighted by Crippen LogP contribution is 2.24. The fourth-order valence-electron chi connectivity index (χ4n) is 1.68. The molecule has 0 radical (unpaired) electrons. The molecule has 1 atom stereocenters. The summed E-state index contributed by atoms with van der Waals surface area (Å²) in [5, 5.41) is 15.5. The van der Waals surface area contributed by atoms with Gasteiger partial charge in [0.2, 0.25) is 0 Å². The largest absolute Gasteiger partial charge is 0.496 e. The zero-order valence-corrected chi connectivity index (χ0v) is 10.6. The number of aliphatic carboxylic acids is 1. The lowest BCUT2D eigenvalue weighted by atomic mass is 10.1. The summed E-state index contributed by atoms with van der Waals surface area (Å²) in [6.07, 6.45) is 0.572. The summed E-state index contributed by atoms with van der Waals surface area (Å²) < 4.78 is 5.15. The molecule has 2 N–H and O–H groups in total. The fraction of sp³-hybridized carbons (Fsp3) is 0.417. The quantitative estimate of drug-likeness (QED) is 0.324. The van der Waals surface area contributed by atoms with Gasteiger partial charge < -0.3 is 15.2 Å². The van der Waals surface area contributed by atoms with Gasteiger partial charge in [-0.15, -0.1) is 0 Å². The second-order valence-electron chi connectivity index (χ2n) is 3.78. The number of carboxylic acid groups (broad SMARTS) is 1. The molecule has 1 rings (SSSR count). The summed E-state index contributed by atoms with van der Waals surface area (Å²) in [6.45, 7) is 0.774. The molecule has 0 heterocycles. The van der Waals surface area contributed by atoms with Gasteiger partial charge in [0.05, 0.1) is 7.11 Å². The minimum atomic E-state index is -0.978. The number of carboxylic acids is 1. The molecule has 0 saturated heterocycles. The van der Waals surface area contributed by atoms with E-state index in [1.807, 2.05) is 0 Å². The molecule has 0 aromatic heterocycles. The van der Waals surface area contributed by atoms with Gasteiger partial charge in [-0.2, -0.15) is 0 Å². The number of hydrogen-bond donors (Lipinski definition) is 2. The molecule has 0 amide bonds. The van der Waals surface area contributed by atoms with Gasteiger partial charge in [-0.05, 0) is 24.6 Å². The van der Waals surface area contributed by atoms with E-state index in [0.29, 0.717) is 30.8 Å². The van der Waals surface area contributed by atoms with E-state index in [2.05, 4.69) is 15.3 Å². The number of para-hydroxylation sites is 1. The van der Waals surface area contributed by atoms with E-state index in [4.69, 9.17) is 10.3 Å². The van der Waals surface area contributed by atoms with Crippen LogP contribution >= 0.6 is 0 Å². The molecule has 102 valence electrons. The minimum absolute atomic E-state index is 0.335. The predicted molar refractivity (Wildman–Crippen MR) is 70.0 cm³/mol. The van der Waals surface area contributed by atoms with Crippen molar-refractivity contribution in [2.45, 2.75) is 12.5 Å². The highest BCUT2D eigenvalue weighted by Gasteiger charge is 2.22. The third kappa shape index (κ3) is 4.50. The van der Waals surface area contributed by atoms with Crippen molar-refractivity contribution in [1.29, 1.82) is 0 Å². The van der Waals surface area contributed by atoms with E-state index in [1.54, 1.807) is 24.3 Å². The standard InChI is InChI=1S/C12H16N4O3/c1-19-10-6-3-2-5-9(10)11(12(17)18)14-7-4-8-15-16-13/h2-3,5-6,11,14H,4,7-8H2,1H3,(H,17,18). The Balaban J connectivity index is 2.71. The Bertz CT molecular complexity index is 472. The van der Waals surface area contributed by atoms with Gasteiger partial charge in [-0.3, -0.25) is 4.79 Å².